The molecular weight excluding hydrogens is 246 g/mol. The van der Waals surface area contributed by atoms with E-state index in [0.29, 0.717) is 0 Å². The van der Waals surface area contributed by atoms with E-state index in [1.165, 1.54) is 12.8 Å². The van der Waals surface area contributed by atoms with Crippen LogP contribution in [-0.2, 0) is 7.05 Å². The summed E-state index contributed by atoms with van der Waals surface area (Å²) in [5.41, 5.74) is 0. The van der Waals surface area contributed by atoms with Gasteiger partial charge < -0.3 is 14.6 Å². The minimum Gasteiger partial charge on any atom is -0.391 e. The number of piperidine rings is 1. The Hall–Kier alpha value is -0.520. The fraction of sp³-hybridized carbons (Fsp3) is 0.769. The van der Waals surface area contributed by atoms with Crippen LogP contribution in [0.4, 0.5) is 0 Å². The van der Waals surface area contributed by atoms with Crippen molar-refractivity contribution in [1.29, 1.82) is 0 Å². The Morgan fingerprint density at radius 3 is 2.83 bits per heavy atom. The molecule has 4 nitrogen and oxygen atoms in total. The molecule has 0 aliphatic carbocycles. The zero-order chi connectivity index (χ0) is 13.0. The molecule has 1 saturated heterocycles. The van der Waals surface area contributed by atoms with Crippen molar-refractivity contribution in [3.05, 3.63) is 12.4 Å². The molecule has 102 valence electrons. The average molecular weight is 269 g/mol. The molecule has 5 heteroatoms. The number of hydrogen-bond donors (Lipinski definition) is 1. The van der Waals surface area contributed by atoms with Gasteiger partial charge in [-0.25, -0.2) is 4.98 Å². The number of imidazole rings is 1. The summed E-state index contributed by atoms with van der Waals surface area (Å²) in [6.07, 6.45) is 5.99. The maximum Gasteiger partial charge on any atom is 0.167 e. The van der Waals surface area contributed by atoms with E-state index in [0.717, 1.165) is 36.5 Å². The first kappa shape index (κ1) is 13.9. The van der Waals surface area contributed by atoms with Crippen LogP contribution in [0.3, 0.4) is 0 Å². The summed E-state index contributed by atoms with van der Waals surface area (Å²) < 4.78 is 1.99. The van der Waals surface area contributed by atoms with Gasteiger partial charge >= 0.3 is 0 Å². The van der Waals surface area contributed by atoms with E-state index in [1.807, 2.05) is 17.8 Å². The lowest BCUT2D eigenvalue weighted by Gasteiger charge is -2.31. The molecule has 1 aromatic heterocycles. The van der Waals surface area contributed by atoms with Gasteiger partial charge in [-0.05, 0) is 31.8 Å². The van der Waals surface area contributed by atoms with Gasteiger partial charge in [0.15, 0.2) is 5.16 Å². The molecule has 18 heavy (non-hydrogen) atoms. The maximum atomic E-state index is 10.1. The van der Waals surface area contributed by atoms with Crippen LogP contribution in [0.15, 0.2) is 17.6 Å². The highest BCUT2D eigenvalue weighted by Crippen LogP contribution is 2.18. The minimum atomic E-state index is -0.264. The Labute approximate surface area is 113 Å². The second-order valence-electron chi connectivity index (χ2n) is 5.27. The monoisotopic (exact) mass is 269 g/mol. The molecule has 0 spiro atoms. The molecule has 1 unspecified atom stereocenters. The Morgan fingerprint density at radius 2 is 2.22 bits per heavy atom. The Kier molecular flexibility index (Phi) is 5.09. The molecule has 0 bridgehead atoms. The topological polar surface area (TPSA) is 41.3 Å². The van der Waals surface area contributed by atoms with Gasteiger partial charge in [-0.1, -0.05) is 18.7 Å². The van der Waals surface area contributed by atoms with Crippen molar-refractivity contribution in [2.45, 2.75) is 31.0 Å². The third-order valence-corrected chi connectivity index (χ3v) is 4.73. The molecule has 1 aromatic rings. The standard InChI is InChI=1S/C13H23N3OS/c1-11-3-6-16(7-4-11)9-12(17)10-18-13-14-5-8-15(13)2/h5,8,11-12,17H,3-4,6-7,9-10H2,1-2H3. The van der Waals surface area contributed by atoms with Crippen LogP contribution in [-0.4, -0.2) is 51.0 Å². The fourth-order valence-corrected chi connectivity index (χ4v) is 3.10. The number of β-amino-alcohol motifs (C(OH)–C–C–N with tert-alkyl or cyclic N) is 1. The van der Waals surface area contributed by atoms with Gasteiger partial charge in [-0.2, -0.15) is 0 Å². The molecule has 0 aromatic carbocycles. The van der Waals surface area contributed by atoms with Gasteiger partial charge in [-0.3, -0.25) is 0 Å². The zero-order valence-corrected chi connectivity index (χ0v) is 12.1. The summed E-state index contributed by atoms with van der Waals surface area (Å²) in [6, 6.07) is 0. The van der Waals surface area contributed by atoms with Crippen LogP contribution in [0.5, 0.6) is 0 Å². The molecule has 0 amide bonds. The number of hydrogen-bond acceptors (Lipinski definition) is 4. The predicted octanol–water partition coefficient (Wildman–Crippen LogP) is 1.60. The molecule has 0 saturated carbocycles. The molecule has 0 radical (unpaired) electrons. The van der Waals surface area contributed by atoms with Gasteiger partial charge in [0, 0.05) is 31.7 Å². The normalized spacial score (nSPS) is 20.2. The van der Waals surface area contributed by atoms with E-state index in [1.54, 1.807) is 18.0 Å². The van der Waals surface area contributed by atoms with E-state index >= 15 is 0 Å². The summed E-state index contributed by atoms with van der Waals surface area (Å²) in [6.45, 7) is 5.37. The smallest absolute Gasteiger partial charge is 0.167 e. The van der Waals surface area contributed by atoms with E-state index in [-0.39, 0.29) is 6.10 Å². The van der Waals surface area contributed by atoms with Crippen molar-refractivity contribution in [2.75, 3.05) is 25.4 Å². The molecule has 2 rings (SSSR count). The van der Waals surface area contributed by atoms with Crippen LogP contribution in [0.1, 0.15) is 19.8 Å². The number of aliphatic hydroxyl groups is 1. The molecule has 1 aliphatic rings. The molecule has 1 N–H and O–H groups in total. The van der Waals surface area contributed by atoms with Crippen LogP contribution in [0, 0.1) is 5.92 Å². The van der Waals surface area contributed by atoms with E-state index in [2.05, 4.69) is 16.8 Å². The third kappa shape index (κ3) is 4.00. The Balaban J connectivity index is 1.69. The predicted molar refractivity (Wildman–Crippen MR) is 74.8 cm³/mol. The second kappa shape index (κ2) is 6.59. The lowest BCUT2D eigenvalue weighted by atomic mass is 9.99. The van der Waals surface area contributed by atoms with Crippen molar-refractivity contribution >= 4 is 11.8 Å². The molecule has 1 aliphatic heterocycles. The highest BCUT2D eigenvalue weighted by molar-refractivity contribution is 7.99. The first-order valence-electron chi connectivity index (χ1n) is 6.65. The van der Waals surface area contributed by atoms with Crippen LogP contribution in [0.25, 0.3) is 0 Å². The lowest BCUT2D eigenvalue weighted by molar-refractivity contribution is 0.105. The van der Waals surface area contributed by atoms with Crippen LogP contribution < -0.4 is 0 Å². The second-order valence-corrected chi connectivity index (χ2v) is 6.26. The molecule has 2 heterocycles. The van der Waals surface area contributed by atoms with Crippen molar-refractivity contribution < 1.29 is 5.11 Å². The largest absolute Gasteiger partial charge is 0.391 e. The summed E-state index contributed by atoms with van der Waals surface area (Å²) in [5, 5.41) is 11.0. The van der Waals surface area contributed by atoms with Crippen molar-refractivity contribution in [2.24, 2.45) is 13.0 Å². The van der Waals surface area contributed by atoms with E-state index in [4.69, 9.17) is 0 Å². The SMILES string of the molecule is CC1CCN(CC(O)CSc2nccn2C)CC1. The van der Waals surface area contributed by atoms with Crippen molar-refractivity contribution in [1.82, 2.24) is 14.5 Å². The highest BCUT2D eigenvalue weighted by Gasteiger charge is 2.18. The zero-order valence-electron chi connectivity index (χ0n) is 11.2. The van der Waals surface area contributed by atoms with Gasteiger partial charge in [-0.15, -0.1) is 0 Å². The number of nitrogens with zero attached hydrogens (tertiary/aromatic N) is 3. The number of aromatic nitrogens is 2. The number of aryl methyl sites for hydroxylation is 1. The van der Waals surface area contributed by atoms with Gasteiger partial charge in [0.25, 0.3) is 0 Å². The summed E-state index contributed by atoms with van der Waals surface area (Å²) in [4.78, 5) is 6.62. The maximum absolute atomic E-state index is 10.1. The highest BCUT2D eigenvalue weighted by atomic mass is 32.2. The Morgan fingerprint density at radius 1 is 1.50 bits per heavy atom. The van der Waals surface area contributed by atoms with E-state index < -0.39 is 0 Å². The average Bonchev–Trinajstić information content (AvgIpc) is 2.75. The first-order chi connectivity index (χ1) is 8.65. The minimum absolute atomic E-state index is 0.264. The van der Waals surface area contributed by atoms with Crippen LogP contribution >= 0.6 is 11.8 Å². The number of thioether (sulfide) groups is 1. The summed E-state index contributed by atoms with van der Waals surface area (Å²) >= 11 is 1.63. The lowest BCUT2D eigenvalue weighted by Crippen LogP contribution is -2.39. The quantitative estimate of drug-likeness (QED) is 0.825. The first-order valence-corrected chi connectivity index (χ1v) is 7.64. The third-order valence-electron chi connectivity index (χ3n) is 3.53. The molecular formula is C13H23N3OS. The fourth-order valence-electron chi connectivity index (χ4n) is 2.26. The number of likely N-dealkylation sites (tertiary alicyclic amines) is 1. The number of aliphatic hydroxyl groups excluding tert-OH is 1. The molecule has 1 fully saturated rings. The van der Waals surface area contributed by atoms with E-state index in [9.17, 15) is 5.11 Å². The van der Waals surface area contributed by atoms with Gasteiger partial charge in [0.2, 0.25) is 0 Å². The molecule has 1 atom stereocenters. The van der Waals surface area contributed by atoms with Gasteiger partial charge in [0.05, 0.1) is 6.10 Å². The number of rotatable bonds is 5. The summed E-state index contributed by atoms with van der Waals surface area (Å²) in [5.74, 6) is 1.57. The Bertz CT molecular complexity index is 361. The van der Waals surface area contributed by atoms with Crippen molar-refractivity contribution in [3.8, 4) is 0 Å². The van der Waals surface area contributed by atoms with Crippen LogP contribution in [0.2, 0.25) is 0 Å². The summed E-state index contributed by atoms with van der Waals surface area (Å²) in [7, 11) is 1.98. The van der Waals surface area contributed by atoms with Crippen molar-refractivity contribution in [3.63, 3.8) is 0 Å². The van der Waals surface area contributed by atoms with Gasteiger partial charge in [0.1, 0.15) is 0 Å².